The number of benzene rings is 1. The molecular formula is C31H55N3O6. The molecule has 0 spiro atoms. The lowest BCUT2D eigenvalue weighted by Gasteiger charge is -2.31. The highest BCUT2D eigenvalue weighted by atomic mass is 16.5. The van der Waals surface area contributed by atoms with Crippen LogP contribution in [0, 0.1) is 29.6 Å². The van der Waals surface area contributed by atoms with Crippen LogP contribution in [0.15, 0.2) is 18.2 Å². The second kappa shape index (κ2) is 18.1. The fourth-order valence-electron chi connectivity index (χ4n) is 4.81. The number of ether oxygens (including phenoxy) is 3. The molecule has 230 valence electrons. The number of rotatable bonds is 19. The number of aliphatic hydroxyl groups excluding tert-OH is 1. The molecule has 2 amide bonds. The van der Waals surface area contributed by atoms with Crippen molar-refractivity contribution in [1.82, 2.24) is 10.6 Å². The number of hydrogen-bond donors (Lipinski definition) is 4. The molecule has 0 heterocycles. The van der Waals surface area contributed by atoms with Crippen molar-refractivity contribution >= 4 is 11.8 Å². The molecule has 0 aliphatic rings. The highest BCUT2D eigenvalue weighted by Crippen LogP contribution is 2.32. The van der Waals surface area contributed by atoms with E-state index in [1.54, 1.807) is 21.3 Å². The zero-order chi connectivity index (χ0) is 30.4. The van der Waals surface area contributed by atoms with Gasteiger partial charge in [0.15, 0.2) is 11.5 Å². The zero-order valence-electron chi connectivity index (χ0n) is 26.2. The van der Waals surface area contributed by atoms with Gasteiger partial charge in [-0.3, -0.25) is 9.59 Å². The first-order chi connectivity index (χ1) is 18.9. The van der Waals surface area contributed by atoms with Gasteiger partial charge >= 0.3 is 0 Å². The Kier molecular flexibility index (Phi) is 16.2. The summed E-state index contributed by atoms with van der Waals surface area (Å²) in [5, 5.41) is 16.6. The number of carbonyl (C=O) groups excluding carboxylic acids is 2. The maximum Gasteiger partial charge on any atom is 0.242 e. The van der Waals surface area contributed by atoms with Crippen LogP contribution in [-0.4, -0.2) is 69.6 Å². The summed E-state index contributed by atoms with van der Waals surface area (Å²) in [5.41, 5.74) is 7.65. The van der Waals surface area contributed by atoms with Gasteiger partial charge in [-0.1, -0.05) is 47.6 Å². The van der Waals surface area contributed by atoms with E-state index >= 15 is 0 Å². The average molecular weight is 566 g/mol. The molecule has 40 heavy (non-hydrogen) atoms. The van der Waals surface area contributed by atoms with Gasteiger partial charge in [0, 0.05) is 39.1 Å². The SMILES string of the molecule is CNC(=O)[C@@H](NC(=O)[C@@H](C[C@H](O)[C@@H](N)C[C@H](Cc1ccc(OC)c(OCCCOC)c1)C(C)C)C(C)C)C(C)C. The maximum atomic E-state index is 13.2. The van der Waals surface area contributed by atoms with Crippen LogP contribution in [0.4, 0.5) is 0 Å². The number of nitrogens with one attached hydrogen (secondary N) is 2. The fraction of sp³-hybridized carbons (Fsp3) is 0.742. The van der Waals surface area contributed by atoms with E-state index < -0.39 is 24.1 Å². The highest BCUT2D eigenvalue weighted by Gasteiger charge is 2.32. The zero-order valence-corrected chi connectivity index (χ0v) is 26.2. The van der Waals surface area contributed by atoms with Crippen molar-refractivity contribution in [3.8, 4) is 11.5 Å². The summed E-state index contributed by atoms with van der Waals surface area (Å²) in [4.78, 5) is 25.4. The minimum Gasteiger partial charge on any atom is -0.493 e. The Morgan fingerprint density at radius 1 is 0.925 bits per heavy atom. The van der Waals surface area contributed by atoms with E-state index in [9.17, 15) is 14.7 Å². The number of hydrogen-bond acceptors (Lipinski definition) is 7. The van der Waals surface area contributed by atoms with Crippen molar-refractivity contribution in [2.24, 2.45) is 35.3 Å². The number of carbonyl (C=O) groups is 2. The molecule has 0 aliphatic carbocycles. The van der Waals surface area contributed by atoms with E-state index in [4.69, 9.17) is 19.9 Å². The number of methoxy groups -OCH3 is 2. The normalized spacial score (nSPS) is 15.4. The van der Waals surface area contributed by atoms with Crippen LogP contribution in [0.5, 0.6) is 11.5 Å². The van der Waals surface area contributed by atoms with Crippen molar-refractivity contribution in [3.05, 3.63) is 23.8 Å². The Morgan fingerprint density at radius 3 is 2.12 bits per heavy atom. The summed E-state index contributed by atoms with van der Waals surface area (Å²) in [6.45, 7) is 13.1. The van der Waals surface area contributed by atoms with Crippen molar-refractivity contribution in [2.75, 3.05) is 34.5 Å². The van der Waals surface area contributed by atoms with Crippen LogP contribution >= 0.6 is 0 Å². The minimum absolute atomic E-state index is 0.0261. The predicted molar refractivity (Wildman–Crippen MR) is 159 cm³/mol. The molecule has 0 aliphatic heterocycles. The molecular weight excluding hydrogens is 510 g/mol. The van der Waals surface area contributed by atoms with Crippen LogP contribution in [0.25, 0.3) is 0 Å². The molecule has 5 N–H and O–H groups in total. The molecule has 9 heteroatoms. The largest absolute Gasteiger partial charge is 0.493 e. The van der Waals surface area contributed by atoms with Gasteiger partial charge in [-0.05, 0) is 60.6 Å². The van der Waals surface area contributed by atoms with Crippen molar-refractivity contribution in [2.45, 2.75) is 85.4 Å². The van der Waals surface area contributed by atoms with Crippen LogP contribution in [0.1, 0.15) is 66.4 Å². The van der Waals surface area contributed by atoms with Crippen LogP contribution in [-0.2, 0) is 20.7 Å². The van der Waals surface area contributed by atoms with Crippen LogP contribution in [0.3, 0.4) is 0 Å². The van der Waals surface area contributed by atoms with Crippen LogP contribution < -0.4 is 25.8 Å². The van der Waals surface area contributed by atoms with Gasteiger partial charge in [0.05, 0.1) is 19.8 Å². The summed E-state index contributed by atoms with van der Waals surface area (Å²) < 4.78 is 16.5. The first-order valence-corrected chi connectivity index (χ1v) is 14.6. The minimum atomic E-state index is -0.854. The third-order valence-electron chi connectivity index (χ3n) is 7.62. The number of likely N-dealkylation sites (N-methyl/N-ethyl adjacent to an activating group) is 1. The topological polar surface area (TPSA) is 132 Å². The Hall–Kier alpha value is -2.36. The molecule has 1 aromatic carbocycles. The summed E-state index contributed by atoms with van der Waals surface area (Å²) in [7, 11) is 4.85. The Balaban J connectivity index is 2.92. The molecule has 0 bridgehead atoms. The van der Waals surface area contributed by atoms with Gasteiger partial charge in [0.2, 0.25) is 11.8 Å². The predicted octanol–water partition coefficient (Wildman–Crippen LogP) is 3.55. The molecule has 5 atom stereocenters. The van der Waals surface area contributed by atoms with Gasteiger partial charge in [0.1, 0.15) is 6.04 Å². The quantitative estimate of drug-likeness (QED) is 0.189. The summed E-state index contributed by atoms with van der Waals surface area (Å²) in [5.74, 6) is 0.897. The summed E-state index contributed by atoms with van der Waals surface area (Å²) in [6, 6.07) is 4.84. The fourth-order valence-corrected chi connectivity index (χ4v) is 4.81. The molecule has 0 saturated carbocycles. The standard InChI is InChI=1S/C31H55N3O6/c1-19(2)23(15-22-11-12-27(39-9)28(16-22)40-14-10-13-38-8)17-25(32)26(35)18-24(20(3)4)30(36)34-29(21(5)6)31(37)33-7/h11-12,16,19-21,23-26,29,35H,10,13-15,17-18,32H2,1-9H3,(H,33,37)(H,34,36)/t23-,24-,25-,26-,29-/m0/s1. The molecule has 0 radical (unpaired) electrons. The Bertz CT molecular complexity index is 892. The molecule has 0 aromatic heterocycles. The third-order valence-corrected chi connectivity index (χ3v) is 7.62. The number of nitrogens with two attached hydrogens (primary N) is 1. The van der Waals surface area contributed by atoms with E-state index in [-0.39, 0.29) is 36.0 Å². The lowest BCUT2D eigenvalue weighted by Crippen LogP contribution is -2.52. The van der Waals surface area contributed by atoms with Gasteiger partial charge in [0.25, 0.3) is 0 Å². The smallest absolute Gasteiger partial charge is 0.242 e. The average Bonchev–Trinajstić information content (AvgIpc) is 2.91. The van der Waals surface area contributed by atoms with Gasteiger partial charge < -0.3 is 35.7 Å². The molecule has 0 unspecified atom stereocenters. The molecule has 0 fully saturated rings. The summed E-state index contributed by atoms with van der Waals surface area (Å²) >= 11 is 0. The van der Waals surface area contributed by atoms with Gasteiger partial charge in [-0.25, -0.2) is 0 Å². The Morgan fingerprint density at radius 2 is 1.60 bits per heavy atom. The van der Waals surface area contributed by atoms with E-state index in [1.807, 2.05) is 45.9 Å². The van der Waals surface area contributed by atoms with Crippen molar-refractivity contribution < 1.29 is 28.9 Å². The van der Waals surface area contributed by atoms with Gasteiger partial charge in [-0.2, -0.15) is 0 Å². The Labute approximate surface area is 241 Å². The first kappa shape index (κ1) is 35.7. The molecule has 0 saturated heterocycles. The second-order valence-electron chi connectivity index (χ2n) is 11.8. The lowest BCUT2D eigenvalue weighted by atomic mass is 9.80. The number of amides is 2. The summed E-state index contributed by atoms with van der Waals surface area (Å²) in [6.07, 6.45) is 1.54. The van der Waals surface area contributed by atoms with E-state index in [0.29, 0.717) is 37.1 Å². The van der Waals surface area contributed by atoms with Gasteiger partial charge in [-0.15, -0.1) is 0 Å². The second-order valence-corrected chi connectivity index (χ2v) is 11.8. The van der Waals surface area contributed by atoms with E-state index in [1.165, 1.54) is 0 Å². The van der Waals surface area contributed by atoms with E-state index in [2.05, 4.69) is 24.5 Å². The van der Waals surface area contributed by atoms with E-state index in [0.717, 1.165) is 18.4 Å². The molecule has 9 nitrogen and oxygen atoms in total. The molecule has 1 rings (SSSR count). The lowest BCUT2D eigenvalue weighted by molar-refractivity contribution is -0.133. The third kappa shape index (κ3) is 11.6. The van der Waals surface area contributed by atoms with Crippen molar-refractivity contribution in [3.63, 3.8) is 0 Å². The monoisotopic (exact) mass is 565 g/mol. The first-order valence-electron chi connectivity index (χ1n) is 14.6. The highest BCUT2D eigenvalue weighted by molar-refractivity contribution is 5.88. The molecule has 1 aromatic rings. The number of aliphatic hydroxyl groups is 1. The van der Waals surface area contributed by atoms with Crippen LogP contribution in [0.2, 0.25) is 0 Å². The maximum absolute atomic E-state index is 13.2. The van der Waals surface area contributed by atoms with Crippen molar-refractivity contribution in [1.29, 1.82) is 0 Å².